The van der Waals surface area contributed by atoms with E-state index in [1.807, 2.05) is 10.8 Å². The first-order valence-corrected chi connectivity index (χ1v) is 7.32. The number of amides is 1. The fraction of sp³-hybridized carbons (Fsp3) is 0.533. The first-order valence-electron chi connectivity index (χ1n) is 7.32. The summed E-state index contributed by atoms with van der Waals surface area (Å²) in [5.74, 6) is -0.134. The highest BCUT2D eigenvalue weighted by molar-refractivity contribution is 5.92. The van der Waals surface area contributed by atoms with Crippen molar-refractivity contribution in [3.8, 4) is 0 Å². The van der Waals surface area contributed by atoms with Gasteiger partial charge in [0.25, 0.3) is 5.91 Å². The van der Waals surface area contributed by atoms with Gasteiger partial charge in [-0.05, 0) is 45.6 Å². The van der Waals surface area contributed by atoms with Crippen LogP contribution >= 0.6 is 0 Å². The Hall–Kier alpha value is -2.11. The number of carbonyl (C=O) groups is 1. The molecule has 0 saturated heterocycles. The number of nitrogens with zero attached hydrogens (tertiary/aromatic N) is 3. The van der Waals surface area contributed by atoms with Gasteiger partial charge in [-0.2, -0.15) is 5.10 Å². The van der Waals surface area contributed by atoms with Gasteiger partial charge in [0.2, 0.25) is 0 Å². The maximum Gasteiger partial charge on any atom is 0.272 e. The molecular weight excluding hydrogens is 266 g/mol. The van der Waals surface area contributed by atoms with Crippen molar-refractivity contribution in [1.29, 1.82) is 0 Å². The Balaban J connectivity index is 1.75. The second-order valence-corrected chi connectivity index (χ2v) is 6.56. The van der Waals surface area contributed by atoms with Crippen molar-refractivity contribution in [3.05, 3.63) is 35.7 Å². The molecule has 1 aliphatic carbocycles. The molecule has 2 heterocycles. The van der Waals surface area contributed by atoms with E-state index in [1.54, 1.807) is 12.5 Å². The average molecular weight is 287 g/mol. The van der Waals surface area contributed by atoms with Gasteiger partial charge in [-0.3, -0.25) is 9.89 Å². The van der Waals surface area contributed by atoms with Crippen molar-refractivity contribution in [2.24, 2.45) is 0 Å². The zero-order valence-corrected chi connectivity index (χ0v) is 12.7. The van der Waals surface area contributed by atoms with Crippen LogP contribution in [-0.4, -0.2) is 25.7 Å². The number of hydrogen-bond acceptors (Lipinski definition) is 3. The van der Waals surface area contributed by atoms with Crippen LogP contribution in [0.3, 0.4) is 0 Å². The van der Waals surface area contributed by atoms with E-state index in [4.69, 9.17) is 0 Å². The molecule has 1 amide bonds. The highest BCUT2D eigenvalue weighted by atomic mass is 16.2. The topological polar surface area (TPSA) is 75.6 Å². The van der Waals surface area contributed by atoms with E-state index in [0.717, 1.165) is 25.0 Å². The van der Waals surface area contributed by atoms with Gasteiger partial charge in [0.05, 0.1) is 24.3 Å². The first-order chi connectivity index (χ1) is 9.95. The van der Waals surface area contributed by atoms with Gasteiger partial charge in [0.15, 0.2) is 0 Å². The fourth-order valence-electron chi connectivity index (χ4n) is 2.65. The number of fused-ring (bicyclic) bond motifs is 1. The third kappa shape index (κ3) is 2.70. The molecule has 1 aliphatic rings. The summed E-state index contributed by atoms with van der Waals surface area (Å²) in [4.78, 5) is 16.6. The smallest absolute Gasteiger partial charge is 0.272 e. The van der Waals surface area contributed by atoms with Crippen molar-refractivity contribution < 1.29 is 4.79 Å². The van der Waals surface area contributed by atoms with Crippen LogP contribution in [0.2, 0.25) is 0 Å². The molecule has 0 aliphatic heterocycles. The van der Waals surface area contributed by atoms with Crippen molar-refractivity contribution in [2.75, 3.05) is 0 Å². The molecule has 3 rings (SSSR count). The number of aromatic nitrogens is 4. The monoisotopic (exact) mass is 287 g/mol. The van der Waals surface area contributed by atoms with Gasteiger partial charge in [-0.1, -0.05) is 0 Å². The fourth-order valence-corrected chi connectivity index (χ4v) is 2.65. The van der Waals surface area contributed by atoms with E-state index in [-0.39, 0.29) is 17.5 Å². The number of aromatic amines is 1. The number of rotatable bonds is 2. The maximum atomic E-state index is 12.4. The zero-order valence-electron chi connectivity index (χ0n) is 12.7. The lowest BCUT2D eigenvalue weighted by atomic mass is 9.93. The lowest BCUT2D eigenvalue weighted by molar-refractivity contribution is 0.0927. The third-order valence-electron chi connectivity index (χ3n) is 3.93. The van der Waals surface area contributed by atoms with Crippen LogP contribution < -0.4 is 5.32 Å². The van der Waals surface area contributed by atoms with Crippen molar-refractivity contribution in [3.63, 3.8) is 0 Å². The SMILES string of the molecule is CC(C)(C)n1cnc(C(=O)NC2CCCc3cn[nH]c32)c1. The minimum absolute atomic E-state index is 0.00327. The Morgan fingerprint density at radius 3 is 3.00 bits per heavy atom. The van der Waals surface area contributed by atoms with Crippen molar-refractivity contribution >= 4 is 5.91 Å². The summed E-state index contributed by atoms with van der Waals surface area (Å²) in [6, 6.07) is 0.00327. The second kappa shape index (κ2) is 5.02. The number of hydrogen-bond donors (Lipinski definition) is 2. The number of imidazole rings is 1. The Labute approximate surface area is 124 Å². The summed E-state index contributed by atoms with van der Waals surface area (Å²) < 4.78 is 1.95. The predicted octanol–water partition coefficient (Wildman–Crippen LogP) is 2.17. The Morgan fingerprint density at radius 1 is 1.48 bits per heavy atom. The van der Waals surface area contributed by atoms with Crippen LogP contribution in [0.4, 0.5) is 0 Å². The van der Waals surface area contributed by atoms with Crippen LogP contribution in [0.25, 0.3) is 0 Å². The highest BCUT2D eigenvalue weighted by Crippen LogP contribution is 2.27. The number of carbonyl (C=O) groups excluding carboxylic acids is 1. The van der Waals surface area contributed by atoms with Crippen LogP contribution in [0.5, 0.6) is 0 Å². The summed E-state index contributed by atoms with van der Waals surface area (Å²) in [7, 11) is 0. The molecule has 0 saturated carbocycles. The van der Waals surface area contributed by atoms with Gasteiger partial charge >= 0.3 is 0 Å². The lowest BCUT2D eigenvalue weighted by Gasteiger charge is -2.22. The molecule has 0 fully saturated rings. The molecule has 2 aromatic heterocycles. The summed E-state index contributed by atoms with van der Waals surface area (Å²) in [5, 5.41) is 10.1. The van der Waals surface area contributed by atoms with Crippen LogP contribution in [0.15, 0.2) is 18.7 Å². The molecule has 0 bridgehead atoms. The minimum atomic E-state index is -0.134. The molecule has 112 valence electrons. The molecule has 2 N–H and O–H groups in total. The Bertz CT molecular complexity index is 649. The molecule has 0 spiro atoms. The van der Waals surface area contributed by atoms with E-state index in [1.165, 1.54) is 5.56 Å². The summed E-state index contributed by atoms with van der Waals surface area (Å²) in [5.41, 5.74) is 2.61. The van der Waals surface area contributed by atoms with E-state index in [0.29, 0.717) is 5.69 Å². The quantitative estimate of drug-likeness (QED) is 0.888. The number of H-pyrrole nitrogens is 1. The lowest BCUT2D eigenvalue weighted by Crippen LogP contribution is -2.31. The van der Waals surface area contributed by atoms with Gasteiger partial charge in [-0.15, -0.1) is 0 Å². The molecule has 21 heavy (non-hydrogen) atoms. The summed E-state index contributed by atoms with van der Waals surface area (Å²) >= 11 is 0. The Morgan fingerprint density at radius 2 is 2.29 bits per heavy atom. The zero-order chi connectivity index (χ0) is 15.0. The first kappa shape index (κ1) is 13.9. The van der Waals surface area contributed by atoms with Gasteiger partial charge in [0.1, 0.15) is 5.69 Å². The van der Waals surface area contributed by atoms with Gasteiger partial charge in [0, 0.05) is 11.7 Å². The Kier molecular flexibility index (Phi) is 3.31. The molecule has 2 aromatic rings. The van der Waals surface area contributed by atoms with Gasteiger partial charge < -0.3 is 9.88 Å². The molecule has 1 unspecified atom stereocenters. The van der Waals surface area contributed by atoms with Crippen LogP contribution in [0.1, 0.15) is 61.4 Å². The van der Waals surface area contributed by atoms with E-state index in [9.17, 15) is 4.79 Å². The molecule has 6 nitrogen and oxygen atoms in total. The van der Waals surface area contributed by atoms with E-state index >= 15 is 0 Å². The van der Waals surface area contributed by atoms with E-state index < -0.39 is 0 Å². The summed E-state index contributed by atoms with van der Waals surface area (Å²) in [6.07, 6.45) is 8.37. The molecule has 0 aromatic carbocycles. The number of nitrogens with one attached hydrogen (secondary N) is 2. The number of aryl methyl sites for hydroxylation is 1. The highest BCUT2D eigenvalue weighted by Gasteiger charge is 2.25. The van der Waals surface area contributed by atoms with Crippen LogP contribution in [0, 0.1) is 0 Å². The molecule has 1 atom stereocenters. The molecular formula is C15H21N5O. The maximum absolute atomic E-state index is 12.4. The van der Waals surface area contributed by atoms with Crippen molar-refractivity contribution in [1.82, 2.24) is 25.1 Å². The van der Waals surface area contributed by atoms with E-state index in [2.05, 4.69) is 41.3 Å². The van der Waals surface area contributed by atoms with Gasteiger partial charge in [-0.25, -0.2) is 4.98 Å². The van der Waals surface area contributed by atoms with Crippen LogP contribution in [-0.2, 0) is 12.0 Å². The molecule has 0 radical (unpaired) electrons. The average Bonchev–Trinajstić information content (AvgIpc) is 3.07. The minimum Gasteiger partial charge on any atom is -0.342 e. The third-order valence-corrected chi connectivity index (χ3v) is 3.93. The largest absolute Gasteiger partial charge is 0.342 e. The summed E-state index contributed by atoms with van der Waals surface area (Å²) in [6.45, 7) is 6.23. The molecule has 6 heteroatoms. The normalized spacial score (nSPS) is 18.3. The standard InChI is InChI=1S/C15H21N5O/c1-15(2,3)20-8-12(16-9-20)14(21)18-11-6-4-5-10-7-17-19-13(10)11/h7-9,11H,4-6H2,1-3H3,(H,17,19)(H,18,21). The predicted molar refractivity (Wildman–Crippen MR) is 79.0 cm³/mol. The second-order valence-electron chi connectivity index (χ2n) is 6.56. The van der Waals surface area contributed by atoms with Crippen molar-refractivity contribution in [2.45, 2.75) is 51.6 Å².